The zero-order valence-electron chi connectivity index (χ0n) is 20.1. The van der Waals surface area contributed by atoms with Crippen LogP contribution in [0.5, 0.6) is 0 Å². The zero-order chi connectivity index (χ0) is 25.9. The van der Waals surface area contributed by atoms with Crippen LogP contribution < -0.4 is 10.6 Å². The predicted molar refractivity (Wildman–Crippen MR) is 151 cm³/mol. The van der Waals surface area contributed by atoms with E-state index in [0.717, 1.165) is 46.4 Å². The van der Waals surface area contributed by atoms with Gasteiger partial charge in [0.05, 0.1) is 10.5 Å². The van der Waals surface area contributed by atoms with Crippen molar-refractivity contribution < 1.29 is 14.4 Å². The summed E-state index contributed by atoms with van der Waals surface area (Å²) in [4.78, 5) is 46.1. The lowest BCUT2D eigenvalue weighted by Gasteiger charge is -2.14. The molecule has 188 valence electrons. The van der Waals surface area contributed by atoms with E-state index in [1.807, 2.05) is 43.3 Å². The van der Waals surface area contributed by atoms with Crippen molar-refractivity contribution >= 4 is 68.4 Å². The third-order valence-corrected chi connectivity index (χ3v) is 8.71. The third-order valence-electron chi connectivity index (χ3n) is 6.13. The molecule has 7 nitrogen and oxygen atoms in total. The average molecular weight is 549 g/mol. The molecule has 0 saturated carbocycles. The Labute approximate surface area is 228 Å². The van der Waals surface area contributed by atoms with Crippen LogP contribution in [-0.4, -0.2) is 38.5 Å². The Morgan fingerprint density at radius 2 is 2.00 bits per heavy atom. The molecule has 3 aromatic rings. The Balaban J connectivity index is 1.28. The van der Waals surface area contributed by atoms with Crippen molar-refractivity contribution in [2.75, 3.05) is 11.9 Å². The van der Waals surface area contributed by atoms with Gasteiger partial charge in [0.15, 0.2) is 0 Å². The predicted octanol–water partition coefficient (Wildman–Crippen LogP) is 4.71. The van der Waals surface area contributed by atoms with E-state index >= 15 is 0 Å². The summed E-state index contributed by atoms with van der Waals surface area (Å²) >= 11 is 8.01. The Hall–Kier alpha value is -3.34. The maximum absolute atomic E-state index is 13.2. The highest BCUT2D eigenvalue weighted by molar-refractivity contribution is 8.26. The van der Waals surface area contributed by atoms with Gasteiger partial charge in [-0.25, -0.2) is 0 Å². The zero-order valence-corrected chi connectivity index (χ0v) is 22.5. The van der Waals surface area contributed by atoms with Crippen molar-refractivity contribution in [3.63, 3.8) is 0 Å². The highest BCUT2D eigenvalue weighted by Crippen LogP contribution is 2.39. The molecule has 1 fully saturated rings. The highest BCUT2D eigenvalue weighted by atomic mass is 32.2. The van der Waals surface area contributed by atoms with Crippen LogP contribution in [0.1, 0.15) is 43.9 Å². The summed E-state index contributed by atoms with van der Waals surface area (Å²) < 4.78 is 0.335. The summed E-state index contributed by atoms with van der Waals surface area (Å²) in [5.41, 5.74) is 4.42. The molecule has 3 heterocycles. The Kier molecular flexibility index (Phi) is 7.50. The average Bonchev–Trinajstić information content (AvgIpc) is 3.54. The largest absolute Gasteiger partial charge is 0.348 e. The van der Waals surface area contributed by atoms with E-state index in [1.54, 1.807) is 18.5 Å². The fourth-order valence-electron chi connectivity index (χ4n) is 4.27. The maximum atomic E-state index is 13.2. The van der Waals surface area contributed by atoms with Crippen LogP contribution in [0.2, 0.25) is 0 Å². The number of pyridine rings is 1. The van der Waals surface area contributed by atoms with Crippen molar-refractivity contribution in [1.82, 2.24) is 15.2 Å². The fraction of sp³-hybridized carbons (Fsp3) is 0.222. The molecule has 0 bridgehead atoms. The van der Waals surface area contributed by atoms with Gasteiger partial charge in [-0.05, 0) is 55.0 Å². The lowest BCUT2D eigenvalue weighted by molar-refractivity contribution is -0.126. The summed E-state index contributed by atoms with van der Waals surface area (Å²) in [7, 11) is 0. The van der Waals surface area contributed by atoms with E-state index in [-0.39, 0.29) is 18.4 Å². The molecule has 1 aliphatic heterocycles. The molecule has 10 heteroatoms. The first-order valence-corrected chi connectivity index (χ1v) is 13.9. The lowest BCUT2D eigenvalue weighted by Crippen LogP contribution is -2.36. The van der Waals surface area contributed by atoms with Crippen LogP contribution in [0.25, 0.3) is 6.08 Å². The van der Waals surface area contributed by atoms with Crippen LogP contribution in [-0.2, 0) is 29.0 Å². The number of aromatic nitrogens is 1. The van der Waals surface area contributed by atoms with Gasteiger partial charge in [-0.1, -0.05) is 59.9 Å². The molecule has 0 unspecified atom stereocenters. The van der Waals surface area contributed by atoms with Crippen molar-refractivity contribution in [2.45, 2.75) is 32.7 Å². The Bertz CT molecular complexity index is 1410. The normalized spacial score (nSPS) is 15.8. The quantitative estimate of drug-likeness (QED) is 0.328. The van der Waals surface area contributed by atoms with Gasteiger partial charge < -0.3 is 10.6 Å². The smallest absolute Gasteiger partial charge is 0.266 e. The summed E-state index contributed by atoms with van der Waals surface area (Å²) in [5.74, 6) is -0.923. The number of aryl methyl sites for hydroxylation is 2. The molecule has 1 aliphatic carbocycles. The number of carbonyl (C=O) groups is 3. The molecule has 0 spiro atoms. The van der Waals surface area contributed by atoms with Gasteiger partial charge in [0.25, 0.3) is 11.8 Å². The number of carbonyl (C=O) groups excluding carboxylic acids is 3. The fourth-order valence-corrected chi connectivity index (χ4v) is 6.82. The van der Waals surface area contributed by atoms with E-state index in [1.165, 1.54) is 28.0 Å². The minimum Gasteiger partial charge on any atom is -0.348 e. The summed E-state index contributed by atoms with van der Waals surface area (Å²) in [6.07, 6.45) is 7.85. The molecule has 2 aliphatic rings. The van der Waals surface area contributed by atoms with Crippen LogP contribution in [0.3, 0.4) is 0 Å². The molecule has 5 rings (SSSR count). The van der Waals surface area contributed by atoms with Gasteiger partial charge in [0, 0.05) is 23.8 Å². The van der Waals surface area contributed by atoms with E-state index < -0.39 is 5.91 Å². The number of rotatable bonds is 7. The lowest BCUT2D eigenvalue weighted by atomic mass is 10.1. The molecular formula is C27H24N4O3S3. The van der Waals surface area contributed by atoms with Gasteiger partial charge in [-0.15, -0.1) is 11.3 Å². The van der Waals surface area contributed by atoms with E-state index in [2.05, 4.69) is 15.6 Å². The summed E-state index contributed by atoms with van der Waals surface area (Å²) in [6.45, 7) is 2.13. The van der Waals surface area contributed by atoms with Gasteiger partial charge in [0.2, 0.25) is 5.91 Å². The Morgan fingerprint density at radius 3 is 2.76 bits per heavy atom. The van der Waals surface area contributed by atoms with Crippen molar-refractivity contribution in [3.05, 3.63) is 86.4 Å². The number of thiophene rings is 1. The molecular weight excluding hydrogens is 525 g/mol. The summed E-state index contributed by atoms with van der Waals surface area (Å²) in [5, 5.41) is 6.34. The number of thioether (sulfide) groups is 1. The number of benzene rings is 1. The van der Waals surface area contributed by atoms with Gasteiger partial charge in [0.1, 0.15) is 15.9 Å². The van der Waals surface area contributed by atoms with Crippen molar-refractivity contribution in [3.8, 4) is 0 Å². The number of nitrogens with zero attached hydrogens (tertiary/aromatic N) is 2. The van der Waals surface area contributed by atoms with Crippen LogP contribution >= 0.6 is 35.3 Å². The highest BCUT2D eigenvalue weighted by Gasteiger charge is 2.34. The number of fused-ring (bicyclic) bond motifs is 1. The second kappa shape index (κ2) is 11.0. The third kappa shape index (κ3) is 5.66. The maximum Gasteiger partial charge on any atom is 0.266 e. The van der Waals surface area contributed by atoms with Gasteiger partial charge in [-0.3, -0.25) is 24.3 Å². The van der Waals surface area contributed by atoms with Crippen molar-refractivity contribution in [2.24, 2.45) is 0 Å². The molecule has 2 N–H and O–H groups in total. The molecule has 0 atom stereocenters. The van der Waals surface area contributed by atoms with E-state index in [4.69, 9.17) is 12.2 Å². The second-order valence-electron chi connectivity index (χ2n) is 8.83. The van der Waals surface area contributed by atoms with Crippen molar-refractivity contribution in [1.29, 1.82) is 0 Å². The SMILES string of the molecule is Cc1ccc(/C=C2\SC(=S)N(CC(=O)Nc3sc4c(c3C(=O)NCc3cccnc3)CCC4)C2=O)cc1. The molecule has 1 saturated heterocycles. The first-order chi connectivity index (χ1) is 17.9. The standard InChI is InChI=1S/C27H24N4O3S3/c1-16-7-9-17(10-8-16)12-21-26(34)31(27(35)37-21)15-22(32)30-25-23(19-5-2-6-20(19)36-25)24(33)29-14-18-4-3-11-28-13-18/h3-4,7-13H,2,5-6,14-15H2,1H3,(H,29,33)(H,30,32)/b21-12-. The van der Waals surface area contributed by atoms with Gasteiger partial charge >= 0.3 is 0 Å². The number of thiocarbonyl (C=S) groups is 1. The van der Waals surface area contributed by atoms with Crippen LogP contribution in [0.15, 0.2) is 53.7 Å². The van der Waals surface area contributed by atoms with Gasteiger partial charge in [-0.2, -0.15) is 0 Å². The summed E-state index contributed by atoms with van der Waals surface area (Å²) in [6, 6.07) is 11.5. The molecule has 2 aromatic heterocycles. The molecule has 0 radical (unpaired) electrons. The Morgan fingerprint density at radius 1 is 1.19 bits per heavy atom. The van der Waals surface area contributed by atoms with Crippen LogP contribution in [0, 0.1) is 6.92 Å². The molecule has 3 amide bonds. The topological polar surface area (TPSA) is 91.4 Å². The van der Waals surface area contributed by atoms with Crippen LogP contribution in [0.4, 0.5) is 5.00 Å². The number of amides is 3. The first kappa shape index (κ1) is 25.3. The molecule has 1 aromatic carbocycles. The first-order valence-electron chi connectivity index (χ1n) is 11.8. The number of anilines is 1. The van der Waals surface area contributed by atoms with E-state index in [9.17, 15) is 14.4 Å². The number of nitrogens with one attached hydrogen (secondary N) is 2. The van der Waals surface area contributed by atoms with E-state index in [0.29, 0.717) is 26.3 Å². The molecule has 37 heavy (non-hydrogen) atoms. The number of hydrogen-bond acceptors (Lipinski definition) is 7. The minimum absolute atomic E-state index is 0.213. The number of hydrogen-bond donors (Lipinski definition) is 2. The second-order valence-corrected chi connectivity index (χ2v) is 11.6. The minimum atomic E-state index is -0.394. The monoisotopic (exact) mass is 548 g/mol.